The van der Waals surface area contributed by atoms with Crippen molar-refractivity contribution in [2.75, 3.05) is 6.54 Å². The number of aliphatic hydroxyl groups excluding tert-OH is 1. The zero-order valence-electron chi connectivity index (χ0n) is 11.5. The first-order valence-electron chi connectivity index (χ1n) is 6.50. The van der Waals surface area contributed by atoms with Crippen LogP contribution in [0.3, 0.4) is 0 Å². The van der Waals surface area contributed by atoms with E-state index < -0.39 is 6.10 Å². The molecular weight excluding hydrogens is 290 g/mol. The average Bonchev–Trinajstić information content (AvgIpc) is 2.98. The number of benzene rings is 1. The predicted molar refractivity (Wildman–Crippen MR) is 81.8 cm³/mol. The molecule has 1 heterocycles. The molecule has 0 aliphatic rings. The third kappa shape index (κ3) is 4.48. The van der Waals surface area contributed by atoms with E-state index in [1.807, 2.05) is 12.1 Å². The van der Waals surface area contributed by atoms with Gasteiger partial charge in [0.25, 0.3) is 0 Å². The highest BCUT2D eigenvalue weighted by Crippen LogP contribution is 2.14. The zero-order valence-corrected chi connectivity index (χ0v) is 12.3. The Balaban J connectivity index is 1.93. The van der Waals surface area contributed by atoms with Gasteiger partial charge in [-0.3, -0.25) is 4.79 Å². The first kappa shape index (κ1) is 15.4. The molecule has 2 aromatic rings. The number of carbonyl (C=O) groups is 1. The van der Waals surface area contributed by atoms with Crippen molar-refractivity contribution in [3.63, 3.8) is 0 Å². The summed E-state index contributed by atoms with van der Waals surface area (Å²) in [6.07, 6.45) is 2.36. The predicted octanol–water partition coefficient (Wildman–Crippen LogP) is 3.19. The summed E-state index contributed by atoms with van der Waals surface area (Å²) in [7, 11) is 0. The van der Waals surface area contributed by atoms with Crippen LogP contribution in [0.2, 0.25) is 5.02 Å². The van der Waals surface area contributed by atoms with Crippen LogP contribution in [0.15, 0.2) is 52.7 Å². The molecule has 1 amide bonds. The molecule has 1 unspecified atom stereocenters. The highest BCUT2D eigenvalue weighted by molar-refractivity contribution is 6.30. The second-order valence-electron chi connectivity index (χ2n) is 4.62. The van der Waals surface area contributed by atoms with Crippen molar-refractivity contribution in [2.45, 2.75) is 13.0 Å². The van der Waals surface area contributed by atoms with E-state index in [2.05, 4.69) is 5.32 Å². The van der Waals surface area contributed by atoms with Gasteiger partial charge in [-0.1, -0.05) is 23.7 Å². The lowest BCUT2D eigenvalue weighted by Gasteiger charge is -2.09. The van der Waals surface area contributed by atoms with E-state index in [-0.39, 0.29) is 12.5 Å². The summed E-state index contributed by atoms with van der Waals surface area (Å²) in [5.74, 6) is 0.173. The number of furan rings is 1. The lowest BCUT2D eigenvalue weighted by Crippen LogP contribution is -2.28. The van der Waals surface area contributed by atoms with Crippen molar-refractivity contribution >= 4 is 23.6 Å². The summed E-state index contributed by atoms with van der Waals surface area (Å²) in [4.78, 5) is 12.0. The highest BCUT2D eigenvalue weighted by Gasteiger charge is 2.12. The molecule has 2 rings (SSSR count). The molecule has 1 aromatic carbocycles. The van der Waals surface area contributed by atoms with Crippen molar-refractivity contribution in [3.8, 4) is 0 Å². The van der Waals surface area contributed by atoms with Crippen LogP contribution in [0, 0.1) is 0 Å². The molecule has 0 spiro atoms. The van der Waals surface area contributed by atoms with E-state index in [0.29, 0.717) is 16.4 Å². The van der Waals surface area contributed by atoms with Crippen molar-refractivity contribution in [1.82, 2.24) is 5.32 Å². The molecule has 0 fully saturated rings. The summed E-state index contributed by atoms with van der Waals surface area (Å²) in [5.41, 5.74) is 1.38. The normalized spacial score (nSPS) is 13.0. The quantitative estimate of drug-likeness (QED) is 0.834. The summed E-state index contributed by atoms with van der Waals surface area (Å²) in [6, 6.07) is 10.6. The van der Waals surface area contributed by atoms with Gasteiger partial charge < -0.3 is 14.8 Å². The van der Waals surface area contributed by atoms with Gasteiger partial charge in [0.05, 0.1) is 12.8 Å². The Kier molecular flexibility index (Phi) is 5.20. The Hall–Kier alpha value is -2.04. The van der Waals surface area contributed by atoms with E-state index in [9.17, 15) is 9.90 Å². The van der Waals surface area contributed by atoms with Crippen molar-refractivity contribution in [3.05, 3.63) is 64.6 Å². The fraction of sp³-hybridized carbons (Fsp3) is 0.188. The molecule has 0 saturated heterocycles. The minimum Gasteiger partial charge on any atom is -0.467 e. The molecule has 0 aliphatic carbocycles. The van der Waals surface area contributed by atoms with Gasteiger partial charge in [0.1, 0.15) is 11.9 Å². The maximum absolute atomic E-state index is 12.0. The Morgan fingerprint density at radius 2 is 2.24 bits per heavy atom. The van der Waals surface area contributed by atoms with Gasteiger partial charge in [-0.15, -0.1) is 0 Å². The number of aliphatic hydroxyl groups is 1. The number of carbonyl (C=O) groups excluding carboxylic acids is 1. The van der Waals surface area contributed by atoms with Crippen molar-refractivity contribution in [1.29, 1.82) is 0 Å². The van der Waals surface area contributed by atoms with Crippen LogP contribution >= 0.6 is 11.6 Å². The minimum atomic E-state index is -0.858. The van der Waals surface area contributed by atoms with Crippen LogP contribution in [-0.4, -0.2) is 17.6 Å². The van der Waals surface area contributed by atoms with Gasteiger partial charge in [-0.05, 0) is 42.8 Å². The summed E-state index contributed by atoms with van der Waals surface area (Å²) in [5, 5.41) is 13.1. The Morgan fingerprint density at radius 3 is 2.90 bits per heavy atom. The molecule has 1 atom stereocenters. The molecule has 0 radical (unpaired) electrons. The van der Waals surface area contributed by atoms with Crippen LogP contribution in [-0.2, 0) is 4.79 Å². The van der Waals surface area contributed by atoms with Gasteiger partial charge in [0, 0.05) is 10.6 Å². The van der Waals surface area contributed by atoms with Crippen LogP contribution in [0.1, 0.15) is 24.4 Å². The fourth-order valence-electron chi connectivity index (χ4n) is 1.82. The second kappa shape index (κ2) is 7.11. The molecule has 0 aliphatic heterocycles. The molecule has 2 N–H and O–H groups in total. The smallest absolute Gasteiger partial charge is 0.247 e. The largest absolute Gasteiger partial charge is 0.467 e. The van der Waals surface area contributed by atoms with Gasteiger partial charge in [0.2, 0.25) is 5.91 Å². The fourth-order valence-corrected chi connectivity index (χ4v) is 2.02. The molecular formula is C16H16ClNO3. The topological polar surface area (TPSA) is 62.5 Å². The third-order valence-electron chi connectivity index (χ3n) is 2.92. The lowest BCUT2D eigenvalue weighted by atomic mass is 10.1. The monoisotopic (exact) mass is 305 g/mol. The first-order valence-corrected chi connectivity index (χ1v) is 6.87. The highest BCUT2D eigenvalue weighted by atomic mass is 35.5. The Bertz CT molecular complexity index is 635. The van der Waals surface area contributed by atoms with Gasteiger partial charge in [-0.25, -0.2) is 0 Å². The van der Waals surface area contributed by atoms with E-state index in [1.165, 1.54) is 6.26 Å². The van der Waals surface area contributed by atoms with Crippen LogP contribution in [0.4, 0.5) is 0 Å². The molecule has 5 heteroatoms. The maximum atomic E-state index is 12.0. The Labute approximate surface area is 128 Å². The van der Waals surface area contributed by atoms with E-state index >= 15 is 0 Å². The minimum absolute atomic E-state index is 0.0903. The Morgan fingerprint density at radius 1 is 1.43 bits per heavy atom. The van der Waals surface area contributed by atoms with Gasteiger partial charge >= 0.3 is 0 Å². The molecule has 110 valence electrons. The summed E-state index contributed by atoms with van der Waals surface area (Å²) in [6.45, 7) is 1.79. The SMILES string of the molecule is C/C(=C/c1cccc(Cl)c1)C(=O)NCC(O)c1ccco1. The van der Waals surface area contributed by atoms with Crippen molar-refractivity contribution < 1.29 is 14.3 Å². The molecule has 21 heavy (non-hydrogen) atoms. The van der Waals surface area contributed by atoms with Crippen LogP contribution in [0.25, 0.3) is 6.08 Å². The van der Waals surface area contributed by atoms with E-state index in [4.69, 9.17) is 16.0 Å². The molecule has 0 saturated carbocycles. The molecule has 1 aromatic heterocycles. The van der Waals surface area contributed by atoms with Gasteiger partial charge in [0.15, 0.2) is 0 Å². The maximum Gasteiger partial charge on any atom is 0.247 e. The molecule has 0 bridgehead atoms. The number of rotatable bonds is 5. The van der Waals surface area contributed by atoms with Gasteiger partial charge in [-0.2, -0.15) is 0 Å². The number of halogens is 1. The molecule has 4 nitrogen and oxygen atoms in total. The summed E-state index contributed by atoms with van der Waals surface area (Å²) >= 11 is 5.89. The van der Waals surface area contributed by atoms with E-state index in [0.717, 1.165) is 5.56 Å². The van der Waals surface area contributed by atoms with Crippen LogP contribution < -0.4 is 5.32 Å². The first-order chi connectivity index (χ1) is 10.1. The van der Waals surface area contributed by atoms with Crippen LogP contribution in [0.5, 0.6) is 0 Å². The number of amides is 1. The number of hydrogen-bond donors (Lipinski definition) is 2. The van der Waals surface area contributed by atoms with Crippen molar-refractivity contribution in [2.24, 2.45) is 0 Å². The third-order valence-corrected chi connectivity index (χ3v) is 3.15. The average molecular weight is 306 g/mol. The summed E-state index contributed by atoms with van der Waals surface area (Å²) < 4.78 is 5.07. The van der Waals surface area contributed by atoms with E-state index in [1.54, 1.807) is 37.3 Å². The number of hydrogen-bond acceptors (Lipinski definition) is 3. The zero-order chi connectivity index (χ0) is 15.2. The lowest BCUT2D eigenvalue weighted by molar-refractivity contribution is -0.117. The second-order valence-corrected chi connectivity index (χ2v) is 5.06. The number of nitrogens with one attached hydrogen (secondary N) is 1. The standard InChI is InChI=1S/C16H16ClNO3/c1-11(8-12-4-2-5-13(17)9-12)16(20)18-10-14(19)15-6-3-7-21-15/h2-9,14,19H,10H2,1H3,(H,18,20)/b11-8-.